The number of carbonyl (C=O) groups excluding carboxylic acids is 1. The van der Waals surface area contributed by atoms with E-state index in [2.05, 4.69) is 0 Å². The molecule has 0 aliphatic rings. The van der Waals surface area contributed by atoms with Crippen molar-refractivity contribution in [2.45, 2.75) is 51.9 Å². The molecule has 0 amide bonds. The Hall–Kier alpha value is -1.12. The molecule has 1 N–H and O–H groups in total. The number of aliphatic carboxylic acids is 1. The van der Waals surface area contributed by atoms with Crippen molar-refractivity contribution in [3.8, 4) is 0 Å². The van der Waals surface area contributed by atoms with Gasteiger partial charge in [-0.15, -0.1) is 0 Å². The zero-order valence-electron chi connectivity index (χ0n) is 9.37. The van der Waals surface area contributed by atoms with E-state index < -0.39 is 5.97 Å². The maximum Gasteiger partial charge on any atom is 0.303 e. The molecule has 0 saturated heterocycles. The molecule has 0 rings (SSSR count). The molecule has 0 aliphatic carbocycles. The predicted molar refractivity (Wildman–Crippen MR) is 59.8 cm³/mol. The van der Waals surface area contributed by atoms with Crippen molar-refractivity contribution in [1.29, 1.82) is 0 Å². The van der Waals surface area contributed by atoms with Crippen molar-refractivity contribution >= 4 is 11.8 Å². The standard InChI is InChI=1S/C12H20O3/c1-2-8-11(13)9-6-4-3-5-7-10-12(14)15/h2,8H,3-7,9-10H2,1H3,(H,14,15)/b8-2+. The number of allylic oxidation sites excluding steroid dienone is 2. The van der Waals surface area contributed by atoms with E-state index in [1.807, 2.05) is 6.92 Å². The van der Waals surface area contributed by atoms with E-state index in [1.165, 1.54) is 0 Å². The van der Waals surface area contributed by atoms with Crippen molar-refractivity contribution in [3.63, 3.8) is 0 Å². The minimum Gasteiger partial charge on any atom is -0.481 e. The molecule has 0 aromatic carbocycles. The van der Waals surface area contributed by atoms with E-state index in [0.717, 1.165) is 32.1 Å². The van der Waals surface area contributed by atoms with Gasteiger partial charge in [-0.25, -0.2) is 0 Å². The number of unbranched alkanes of at least 4 members (excludes halogenated alkanes) is 4. The SMILES string of the molecule is C/C=C/C(=O)CCCCCCCC(=O)O. The fourth-order valence-electron chi connectivity index (χ4n) is 1.38. The monoisotopic (exact) mass is 212 g/mol. The fraction of sp³-hybridized carbons (Fsp3) is 0.667. The van der Waals surface area contributed by atoms with Gasteiger partial charge < -0.3 is 5.11 Å². The van der Waals surface area contributed by atoms with Gasteiger partial charge in [0.25, 0.3) is 0 Å². The van der Waals surface area contributed by atoms with Crippen LogP contribution in [0.25, 0.3) is 0 Å². The molecule has 3 nitrogen and oxygen atoms in total. The van der Waals surface area contributed by atoms with Crippen LogP contribution in [-0.2, 0) is 9.59 Å². The lowest BCUT2D eigenvalue weighted by Crippen LogP contribution is -1.94. The average Bonchev–Trinajstić information content (AvgIpc) is 2.16. The van der Waals surface area contributed by atoms with E-state index in [9.17, 15) is 9.59 Å². The topological polar surface area (TPSA) is 54.4 Å². The summed E-state index contributed by atoms with van der Waals surface area (Å²) in [6.07, 6.45) is 8.89. The molecule has 0 aliphatic heterocycles. The molecular weight excluding hydrogens is 192 g/mol. The highest BCUT2D eigenvalue weighted by molar-refractivity contribution is 5.89. The third kappa shape index (κ3) is 10.8. The van der Waals surface area contributed by atoms with Crippen molar-refractivity contribution in [3.05, 3.63) is 12.2 Å². The predicted octanol–water partition coefficient (Wildman–Crippen LogP) is 2.95. The van der Waals surface area contributed by atoms with Gasteiger partial charge in [0, 0.05) is 12.8 Å². The average molecular weight is 212 g/mol. The van der Waals surface area contributed by atoms with Gasteiger partial charge in [-0.2, -0.15) is 0 Å². The number of carboxylic acid groups (broad SMARTS) is 1. The minimum absolute atomic E-state index is 0.183. The van der Waals surface area contributed by atoms with Gasteiger partial charge in [0.15, 0.2) is 5.78 Å². The van der Waals surface area contributed by atoms with E-state index in [-0.39, 0.29) is 12.2 Å². The third-order valence-electron chi connectivity index (χ3n) is 2.17. The van der Waals surface area contributed by atoms with Crippen molar-refractivity contribution in [2.24, 2.45) is 0 Å². The summed E-state index contributed by atoms with van der Waals surface area (Å²) in [7, 11) is 0. The minimum atomic E-state index is -0.724. The number of ketones is 1. The maximum absolute atomic E-state index is 11.1. The molecule has 3 heteroatoms. The molecule has 0 radical (unpaired) electrons. The zero-order valence-corrected chi connectivity index (χ0v) is 9.37. The zero-order chi connectivity index (χ0) is 11.5. The van der Waals surface area contributed by atoms with E-state index >= 15 is 0 Å². The van der Waals surface area contributed by atoms with Gasteiger partial charge in [-0.1, -0.05) is 25.3 Å². The smallest absolute Gasteiger partial charge is 0.303 e. The first-order valence-electron chi connectivity index (χ1n) is 5.54. The second kappa shape index (κ2) is 9.44. The van der Waals surface area contributed by atoms with E-state index in [1.54, 1.807) is 12.2 Å². The van der Waals surface area contributed by atoms with Crippen LogP contribution in [0.2, 0.25) is 0 Å². The molecule has 0 heterocycles. The van der Waals surface area contributed by atoms with Gasteiger partial charge in [-0.05, 0) is 25.8 Å². The van der Waals surface area contributed by atoms with Gasteiger partial charge in [0.1, 0.15) is 0 Å². The fourth-order valence-corrected chi connectivity index (χ4v) is 1.38. The summed E-state index contributed by atoms with van der Waals surface area (Å²) in [6, 6.07) is 0. The summed E-state index contributed by atoms with van der Waals surface area (Å²) in [6.45, 7) is 1.84. The molecule has 0 aromatic rings. The van der Waals surface area contributed by atoms with Crippen molar-refractivity contribution in [1.82, 2.24) is 0 Å². The van der Waals surface area contributed by atoms with Gasteiger partial charge >= 0.3 is 5.97 Å². The number of hydrogen-bond donors (Lipinski definition) is 1. The molecule has 0 atom stereocenters. The largest absolute Gasteiger partial charge is 0.481 e. The Morgan fingerprint density at radius 3 is 2.07 bits per heavy atom. The lowest BCUT2D eigenvalue weighted by Gasteiger charge is -1.98. The van der Waals surface area contributed by atoms with Crippen LogP contribution in [0.1, 0.15) is 51.9 Å². The van der Waals surface area contributed by atoms with Crippen LogP contribution >= 0.6 is 0 Å². The molecule has 0 aromatic heterocycles. The van der Waals surface area contributed by atoms with Gasteiger partial charge in [0.2, 0.25) is 0 Å². The molecule has 0 spiro atoms. The molecule has 0 bridgehead atoms. The molecular formula is C12H20O3. The van der Waals surface area contributed by atoms with Crippen LogP contribution < -0.4 is 0 Å². The first kappa shape index (κ1) is 13.9. The maximum atomic E-state index is 11.1. The Labute approximate surface area is 91.2 Å². The van der Waals surface area contributed by atoms with Crippen molar-refractivity contribution < 1.29 is 14.7 Å². The second-order valence-electron chi connectivity index (χ2n) is 3.63. The Morgan fingerprint density at radius 1 is 1.00 bits per heavy atom. The number of rotatable bonds is 9. The number of carboxylic acids is 1. The van der Waals surface area contributed by atoms with Crippen LogP contribution in [0, 0.1) is 0 Å². The lowest BCUT2D eigenvalue weighted by molar-refractivity contribution is -0.137. The lowest BCUT2D eigenvalue weighted by atomic mass is 10.1. The van der Waals surface area contributed by atoms with Crippen LogP contribution in [0.5, 0.6) is 0 Å². The van der Waals surface area contributed by atoms with Crippen LogP contribution in [0.3, 0.4) is 0 Å². The first-order chi connectivity index (χ1) is 7.16. The molecule has 15 heavy (non-hydrogen) atoms. The first-order valence-corrected chi connectivity index (χ1v) is 5.54. The second-order valence-corrected chi connectivity index (χ2v) is 3.63. The van der Waals surface area contributed by atoms with Crippen LogP contribution in [0.15, 0.2) is 12.2 Å². The summed E-state index contributed by atoms with van der Waals surface area (Å²) in [5.41, 5.74) is 0. The molecule has 0 fully saturated rings. The van der Waals surface area contributed by atoms with Gasteiger partial charge in [0.05, 0.1) is 0 Å². The van der Waals surface area contributed by atoms with Crippen LogP contribution in [-0.4, -0.2) is 16.9 Å². The highest BCUT2D eigenvalue weighted by Crippen LogP contribution is 2.07. The molecule has 0 unspecified atom stereocenters. The van der Waals surface area contributed by atoms with Crippen LogP contribution in [0.4, 0.5) is 0 Å². The summed E-state index contributed by atoms with van der Waals surface area (Å²) < 4.78 is 0. The van der Waals surface area contributed by atoms with Crippen molar-refractivity contribution in [2.75, 3.05) is 0 Å². The summed E-state index contributed by atoms with van der Waals surface area (Å²) in [5, 5.41) is 8.40. The Morgan fingerprint density at radius 2 is 1.53 bits per heavy atom. The van der Waals surface area contributed by atoms with E-state index in [0.29, 0.717) is 6.42 Å². The quantitative estimate of drug-likeness (QED) is 0.472. The molecule has 86 valence electrons. The third-order valence-corrected chi connectivity index (χ3v) is 2.17. The molecule has 0 saturated carbocycles. The number of hydrogen-bond acceptors (Lipinski definition) is 2. The van der Waals surface area contributed by atoms with Gasteiger partial charge in [-0.3, -0.25) is 9.59 Å². The Balaban J connectivity index is 3.18. The summed E-state index contributed by atoms with van der Waals surface area (Å²) in [5.74, 6) is -0.540. The number of carbonyl (C=O) groups is 2. The summed E-state index contributed by atoms with van der Waals surface area (Å²) >= 11 is 0. The van der Waals surface area contributed by atoms with E-state index in [4.69, 9.17) is 5.11 Å². The highest BCUT2D eigenvalue weighted by Gasteiger charge is 1.98. The highest BCUT2D eigenvalue weighted by atomic mass is 16.4. The Bertz CT molecular complexity index is 219. The Kier molecular flexibility index (Phi) is 8.73. The normalized spacial score (nSPS) is 10.7. The summed E-state index contributed by atoms with van der Waals surface area (Å²) in [4.78, 5) is 21.3.